The minimum atomic E-state index is -2.78. The Morgan fingerprint density at radius 3 is 2.46 bits per heavy atom. The SMILES string of the molecule is C[C@H]1c2ccc(N3CCOCC3)c(O)c2C(=O)C2=C(O)[C@]3(O)C(=O)C(C(N)=O)C(O)C[C@@H]3[C@@H](O)[C@@H]21. The average molecular weight is 488 g/mol. The molecule has 188 valence electrons. The highest BCUT2D eigenvalue weighted by molar-refractivity contribution is 6.16. The van der Waals surface area contributed by atoms with E-state index in [9.17, 15) is 39.9 Å². The zero-order chi connectivity index (χ0) is 25.4. The van der Waals surface area contributed by atoms with Crippen molar-refractivity contribution in [3.8, 4) is 5.75 Å². The molecule has 0 bridgehead atoms. The fourth-order valence-electron chi connectivity index (χ4n) is 6.35. The van der Waals surface area contributed by atoms with Gasteiger partial charge in [0.2, 0.25) is 5.91 Å². The average Bonchev–Trinajstić information content (AvgIpc) is 2.82. The van der Waals surface area contributed by atoms with Crippen molar-refractivity contribution in [2.75, 3.05) is 31.2 Å². The number of hydrogen-bond acceptors (Lipinski definition) is 10. The molecule has 3 aliphatic carbocycles. The molecule has 2 fully saturated rings. The number of nitrogens with zero attached hydrogens (tertiary/aromatic N) is 1. The normalized spacial score (nSPS) is 37.0. The van der Waals surface area contributed by atoms with Gasteiger partial charge in [-0.25, -0.2) is 0 Å². The number of rotatable bonds is 2. The molecule has 7 N–H and O–H groups in total. The van der Waals surface area contributed by atoms with E-state index in [0.717, 1.165) is 0 Å². The first-order chi connectivity index (χ1) is 16.5. The van der Waals surface area contributed by atoms with E-state index in [2.05, 4.69) is 0 Å². The van der Waals surface area contributed by atoms with E-state index in [1.54, 1.807) is 19.1 Å². The lowest BCUT2D eigenvalue weighted by molar-refractivity contribution is -0.179. The lowest BCUT2D eigenvalue weighted by Gasteiger charge is -2.52. The number of aliphatic hydroxyl groups is 4. The maximum Gasteiger partial charge on any atom is 0.230 e. The van der Waals surface area contributed by atoms with Crippen LogP contribution < -0.4 is 10.6 Å². The van der Waals surface area contributed by atoms with Gasteiger partial charge < -0.3 is 40.9 Å². The van der Waals surface area contributed by atoms with Crippen LogP contribution in [0.4, 0.5) is 5.69 Å². The third kappa shape index (κ3) is 3.08. The van der Waals surface area contributed by atoms with Crippen LogP contribution in [-0.4, -0.2) is 87.1 Å². The summed E-state index contributed by atoms with van der Waals surface area (Å²) >= 11 is 0. The number of anilines is 1. The van der Waals surface area contributed by atoms with Gasteiger partial charge in [0.05, 0.1) is 36.7 Å². The molecule has 1 saturated carbocycles. The van der Waals surface area contributed by atoms with Gasteiger partial charge in [-0.05, 0) is 24.0 Å². The number of carbonyl (C=O) groups excluding carboxylic acids is 3. The number of phenolic OH excluding ortho intramolecular Hbond substituents is 1. The van der Waals surface area contributed by atoms with Crippen molar-refractivity contribution in [1.29, 1.82) is 0 Å². The monoisotopic (exact) mass is 488 g/mol. The molecule has 1 saturated heterocycles. The molecule has 7 atom stereocenters. The standard InChI is InChI=1S/C24H28N2O9/c1-9-10-2-3-12(26-4-6-35-7-5-26)19(29)15(10)20(30)17-14(9)18(28)11-8-13(27)16(23(25)33)21(31)24(11,34)22(17)32/h2-3,9,11,13-14,16,18,27-29,32,34H,4-8H2,1H3,(H2,25,33)/t9-,11+,13?,14+,16?,18+,24+/m0/s1. The zero-order valence-corrected chi connectivity index (χ0v) is 19.0. The third-order valence-corrected chi connectivity index (χ3v) is 8.15. The van der Waals surface area contributed by atoms with Crippen LogP contribution in [0.3, 0.4) is 0 Å². The fraction of sp³-hybridized carbons (Fsp3) is 0.542. The lowest BCUT2D eigenvalue weighted by Crippen LogP contribution is -2.67. The van der Waals surface area contributed by atoms with Crippen molar-refractivity contribution in [3.05, 3.63) is 34.6 Å². The predicted octanol–water partition coefficient (Wildman–Crippen LogP) is -0.886. The number of morpholine rings is 1. The fourth-order valence-corrected chi connectivity index (χ4v) is 6.35. The van der Waals surface area contributed by atoms with Gasteiger partial charge in [-0.3, -0.25) is 14.4 Å². The van der Waals surface area contributed by atoms with E-state index in [1.165, 1.54) is 0 Å². The second-order valence-electron chi connectivity index (χ2n) is 9.81. The van der Waals surface area contributed by atoms with E-state index in [1.807, 2.05) is 4.90 Å². The predicted molar refractivity (Wildman–Crippen MR) is 120 cm³/mol. The molecule has 1 aromatic rings. The topological polar surface area (TPSA) is 191 Å². The first kappa shape index (κ1) is 23.7. The van der Waals surface area contributed by atoms with Crippen LogP contribution in [0.15, 0.2) is 23.5 Å². The number of ether oxygens (including phenoxy) is 1. The van der Waals surface area contributed by atoms with Crippen LogP contribution in [0.5, 0.6) is 5.75 Å². The summed E-state index contributed by atoms with van der Waals surface area (Å²) in [7, 11) is 0. The second-order valence-corrected chi connectivity index (χ2v) is 9.81. The van der Waals surface area contributed by atoms with Crippen molar-refractivity contribution in [2.45, 2.75) is 37.1 Å². The molecule has 5 rings (SSSR count). The van der Waals surface area contributed by atoms with Crippen LogP contribution >= 0.6 is 0 Å². The maximum absolute atomic E-state index is 13.7. The number of ketones is 2. The summed E-state index contributed by atoms with van der Waals surface area (Å²) in [5.41, 5.74) is 2.86. The van der Waals surface area contributed by atoms with Crippen LogP contribution in [0.1, 0.15) is 35.2 Å². The first-order valence-electron chi connectivity index (χ1n) is 11.6. The van der Waals surface area contributed by atoms with Crippen LogP contribution in [0.25, 0.3) is 0 Å². The molecule has 4 aliphatic rings. The summed E-state index contributed by atoms with van der Waals surface area (Å²) in [4.78, 5) is 40.5. The molecule has 11 nitrogen and oxygen atoms in total. The summed E-state index contributed by atoms with van der Waals surface area (Å²) in [5, 5.41) is 55.3. The van der Waals surface area contributed by atoms with E-state index >= 15 is 0 Å². The summed E-state index contributed by atoms with van der Waals surface area (Å²) < 4.78 is 5.34. The molecule has 1 aliphatic heterocycles. The zero-order valence-electron chi connectivity index (χ0n) is 19.0. The molecule has 0 aromatic heterocycles. The van der Waals surface area contributed by atoms with Gasteiger partial charge in [-0.2, -0.15) is 0 Å². The number of aliphatic hydroxyl groups excluding tert-OH is 3. The number of fused-ring (bicyclic) bond motifs is 3. The van der Waals surface area contributed by atoms with Crippen molar-refractivity contribution >= 4 is 23.2 Å². The Bertz CT molecular complexity index is 1160. The Hall–Kier alpha value is -2.99. The van der Waals surface area contributed by atoms with E-state index in [4.69, 9.17) is 10.5 Å². The quantitative estimate of drug-likeness (QED) is 0.285. The Morgan fingerprint density at radius 1 is 1.17 bits per heavy atom. The highest BCUT2D eigenvalue weighted by Crippen LogP contribution is 2.55. The molecule has 11 heteroatoms. The Morgan fingerprint density at radius 2 is 1.83 bits per heavy atom. The number of primary amides is 1. The minimum Gasteiger partial charge on any atom is -0.508 e. The highest BCUT2D eigenvalue weighted by Gasteiger charge is 2.66. The second kappa shape index (κ2) is 8.02. The van der Waals surface area contributed by atoms with Crippen molar-refractivity contribution in [3.63, 3.8) is 0 Å². The summed E-state index contributed by atoms with van der Waals surface area (Å²) in [6, 6.07) is 3.38. The van der Waals surface area contributed by atoms with Crippen molar-refractivity contribution < 1.29 is 44.7 Å². The maximum atomic E-state index is 13.7. The number of Topliss-reactive ketones (excluding diaryl/α,β-unsaturated/α-hetero) is 2. The van der Waals surface area contributed by atoms with Gasteiger partial charge in [0.1, 0.15) is 17.4 Å². The summed E-state index contributed by atoms with van der Waals surface area (Å²) in [5.74, 6) is -9.35. The van der Waals surface area contributed by atoms with E-state index in [-0.39, 0.29) is 17.7 Å². The Kier molecular flexibility index (Phi) is 5.44. The highest BCUT2D eigenvalue weighted by atomic mass is 16.5. The summed E-state index contributed by atoms with van der Waals surface area (Å²) in [6.45, 7) is 3.60. The van der Waals surface area contributed by atoms with E-state index < -0.39 is 70.3 Å². The number of benzene rings is 1. The molecule has 0 spiro atoms. The van der Waals surface area contributed by atoms with Gasteiger partial charge in [0, 0.05) is 30.5 Å². The number of amides is 1. The molecule has 1 heterocycles. The van der Waals surface area contributed by atoms with Crippen LogP contribution in [-0.2, 0) is 14.3 Å². The van der Waals surface area contributed by atoms with Crippen LogP contribution in [0, 0.1) is 17.8 Å². The van der Waals surface area contributed by atoms with Crippen LogP contribution in [0.2, 0.25) is 0 Å². The molecule has 1 amide bonds. The Balaban J connectivity index is 1.68. The van der Waals surface area contributed by atoms with Gasteiger partial charge in [-0.15, -0.1) is 0 Å². The number of nitrogens with two attached hydrogens (primary N) is 1. The van der Waals surface area contributed by atoms with Gasteiger partial charge in [0.15, 0.2) is 17.2 Å². The van der Waals surface area contributed by atoms with Gasteiger partial charge in [0.25, 0.3) is 0 Å². The van der Waals surface area contributed by atoms with Crippen molar-refractivity contribution in [1.82, 2.24) is 0 Å². The molecule has 1 aromatic carbocycles. The molecule has 35 heavy (non-hydrogen) atoms. The number of phenols is 1. The number of aromatic hydroxyl groups is 1. The number of carbonyl (C=O) groups is 3. The Labute approximate surface area is 200 Å². The first-order valence-corrected chi connectivity index (χ1v) is 11.6. The smallest absolute Gasteiger partial charge is 0.230 e. The lowest BCUT2D eigenvalue weighted by atomic mass is 9.54. The largest absolute Gasteiger partial charge is 0.508 e. The minimum absolute atomic E-state index is 0.0803. The molecule has 2 unspecified atom stereocenters. The molecular weight excluding hydrogens is 460 g/mol. The van der Waals surface area contributed by atoms with Crippen molar-refractivity contribution in [2.24, 2.45) is 23.5 Å². The number of hydrogen-bond donors (Lipinski definition) is 6. The summed E-state index contributed by atoms with van der Waals surface area (Å²) in [6.07, 6.45) is -3.46. The van der Waals surface area contributed by atoms with Gasteiger partial charge in [-0.1, -0.05) is 13.0 Å². The molecule has 0 radical (unpaired) electrons. The molecular formula is C24H28N2O9. The van der Waals surface area contributed by atoms with E-state index in [0.29, 0.717) is 37.6 Å². The third-order valence-electron chi connectivity index (χ3n) is 8.15. The van der Waals surface area contributed by atoms with Gasteiger partial charge >= 0.3 is 0 Å².